The minimum Gasteiger partial charge on any atom is -0.508 e. The Labute approximate surface area is 330 Å². The van der Waals surface area contributed by atoms with Crippen molar-refractivity contribution in [2.24, 2.45) is 5.41 Å². The minimum atomic E-state index is -1.11. The first-order chi connectivity index (χ1) is 27.1. The number of phenolic OH excluding ortho intramolecular Hbond substituents is 4. The van der Waals surface area contributed by atoms with E-state index in [-0.39, 0.29) is 46.9 Å². The van der Waals surface area contributed by atoms with Crippen LogP contribution < -0.4 is 18.9 Å². The fourth-order valence-electron chi connectivity index (χ4n) is 3.17. The maximum absolute atomic E-state index is 10.8. The number of aliphatic hydroxyl groups excluding tert-OH is 4. The van der Waals surface area contributed by atoms with Gasteiger partial charge in [0.2, 0.25) is 0 Å². The van der Waals surface area contributed by atoms with Crippen molar-refractivity contribution in [3.05, 3.63) is 97.1 Å². The number of benzene rings is 4. The smallest absolute Gasteiger partial charge is 0.310 e. The Morgan fingerprint density at radius 2 is 0.526 bits per heavy atom. The van der Waals surface area contributed by atoms with Gasteiger partial charge >= 0.3 is 23.9 Å². The Balaban J connectivity index is 0.000000691. The average molecular weight is 801 g/mol. The molecule has 57 heavy (non-hydrogen) atoms. The van der Waals surface area contributed by atoms with Crippen molar-refractivity contribution >= 4 is 23.9 Å². The number of carbonyl (C=O) groups excluding carboxylic acids is 4. The Kier molecular flexibility index (Phi) is 26.0. The zero-order valence-corrected chi connectivity index (χ0v) is 32.2. The second-order valence-electron chi connectivity index (χ2n) is 11.4. The van der Waals surface area contributed by atoms with Gasteiger partial charge in [-0.2, -0.15) is 0 Å². The molecule has 0 aliphatic rings. The third kappa shape index (κ3) is 23.4. The summed E-state index contributed by atoms with van der Waals surface area (Å²) in [7, 11) is 0. The van der Waals surface area contributed by atoms with Crippen LogP contribution >= 0.6 is 0 Å². The van der Waals surface area contributed by atoms with Crippen LogP contribution in [-0.4, -0.2) is 91.2 Å². The second kappa shape index (κ2) is 29.1. The predicted octanol–water partition coefficient (Wildman–Crippen LogP) is 4.77. The van der Waals surface area contributed by atoms with E-state index >= 15 is 0 Å². The fourth-order valence-corrected chi connectivity index (χ4v) is 3.17. The van der Waals surface area contributed by atoms with E-state index in [0.29, 0.717) is 48.7 Å². The third-order valence-corrected chi connectivity index (χ3v) is 6.77. The van der Waals surface area contributed by atoms with Crippen LogP contribution in [0.4, 0.5) is 0 Å². The van der Waals surface area contributed by atoms with Crippen LogP contribution in [-0.2, 0) is 19.2 Å². The highest BCUT2D eigenvalue weighted by Crippen LogP contribution is 2.19. The van der Waals surface area contributed by atoms with E-state index in [4.69, 9.17) is 59.8 Å². The van der Waals surface area contributed by atoms with Crippen molar-refractivity contribution in [2.75, 3.05) is 26.4 Å². The van der Waals surface area contributed by atoms with E-state index in [9.17, 15) is 19.2 Å². The van der Waals surface area contributed by atoms with E-state index in [1.807, 2.05) is 0 Å². The number of rotatable bonds is 12. The molecule has 0 spiro atoms. The minimum absolute atomic E-state index is 0.159. The summed E-state index contributed by atoms with van der Waals surface area (Å²) < 4.78 is 19.5. The lowest BCUT2D eigenvalue weighted by Crippen LogP contribution is -2.37. The topological polar surface area (TPSA) is 267 Å². The zero-order valence-electron chi connectivity index (χ0n) is 32.2. The molecule has 0 heterocycles. The normalized spacial score (nSPS) is 9.82. The summed E-state index contributed by atoms with van der Waals surface area (Å²) in [5, 5.41) is 69.6. The molecule has 4 aromatic carbocycles. The van der Waals surface area contributed by atoms with Crippen molar-refractivity contribution in [3.8, 4) is 46.0 Å². The summed E-state index contributed by atoms with van der Waals surface area (Å²) in [6.07, 6.45) is 1.39. The van der Waals surface area contributed by atoms with Gasteiger partial charge in [0.25, 0.3) is 0 Å². The van der Waals surface area contributed by atoms with Gasteiger partial charge in [0.05, 0.1) is 31.8 Å². The molecule has 0 aliphatic heterocycles. The van der Waals surface area contributed by atoms with E-state index in [1.165, 1.54) is 48.5 Å². The molecular weight excluding hydrogens is 748 g/mol. The Hall–Kier alpha value is -6.20. The lowest BCUT2D eigenvalue weighted by Gasteiger charge is -2.23. The molecule has 0 saturated carbocycles. The van der Waals surface area contributed by atoms with Gasteiger partial charge in [-0.3, -0.25) is 19.2 Å². The van der Waals surface area contributed by atoms with Crippen LogP contribution in [0.15, 0.2) is 97.1 Å². The van der Waals surface area contributed by atoms with Gasteiger partial charge < -0.3 is 59.8 Å². The molecule has 0 fully saturated rings. The molecule has 0 unspecified atom stereocenters. The highest BCUT2D eigenvalue weighted by Gasteiger charge is 2.26. The van der Waals surface area contributed by atoms with Crippen molar-refractivity contribution in [1.29, 1.82) is 0 Å². The number of phenols is 4. The monoisotopic (exact) mass is 800 g/mol. The average Bonchev–Trinajstić information content (AvgIpc) is 3.23. The van der Waals surface area contributed by atoms with E-state index in [1.54, 1.807) is 76.2 Å². The summed E-state index contributed by atoms with van der Waals surface area (Å²) in [6, 6.07) is 24.1. The highest BCUT2D eigenvalue weighted by atomic mass is 16.5. The van der Waals surface area contributed by atoms with Crippen LogP contribution in [0.25, 0.3) is 0 Å². The van der Waals surface area contributed by atoms with Gasteiger partial charge in [-0.15, -0.1) is 0 Å². The van der Waals surface area contributed by atoms with Crippen LogP contribution in [0.1, 0.15) is 53.4 Å². The predicted molar refractivity (Wildman–Crippen MR) is 207 cm³/mol. The molecule has 0 aliphatic carbocycles. The first-order valence-corrected chi connectivity index (χ1v) is 17.6. The van der Waals surface area contributed by atoms with E-state index in [2.05, 4.69) is 0 Å². The van der Waals surface area contributed by atoms with Crippen molar-refractivity contribution in [1.82, 2.24) is 0 Å². The van der Waals surface area contributed by atoms with Crippen molar-refractivity contribution in [2.45, 2.75) is 53.4 Å². The van der Waals surface area contributed by atoms with E-state index in [0.717, 1.165) is 0 Å². The number of hydrogen-bond donors (Lipinski definition) is 8. The van der Waals surface area contributed by atoms with Gasteiger partial charge in [0, 0.05) is 25.7 Å². The Morgan fingerprint density at radius 1 is 0.368 bits per heavy atom. The van der Waals surface area contributed by atoms with Gasteiger partial charge in [0.15, 0.2) is 0 Å². The SMILES string of the molecule is CCC(=O)Oc1ccc(O)cc1.CCC(=O)Oc1ccc(O)cc1.CCC(=O)Oc1ccc(O)cc1.CCC(=O)Oc1ccc(O)cc1.OCC(CO)(CO)CO. The first kappa shape index (κ1) is 50.8. The standard InChI is InChI=1S/4C9H10O3.C5H12O4/c4*1-2-9(11)12-8-5-3-7(10)4-6-8;6-1-5(2-7,3-8)4-9/h4*3-6,10H,2H2,1H3;6-9H,1-4H2. The molecule has 0 amide bonds. The summed E-state index contributed by atoms with van der Waals surface area (Å²) in [5.74, 6) is 1.36. The molecular formula is C41H52O16. The number of hydrogen-bond acceptors (Lipinski definition) is 16. The molecule has 0 aromatic heterocycles. The lowest BCUT2D eigenvalue weighted by atomic mass is 9.93. The molecule has 0 radical (unpaired) electrons. The maximum atomic E-state index is 10.8. The van der Waals surface area contributed by atoms with Crippen molar-refractivity contribution in [3.63, 3.8) is 0 Å². The second-order valence-corrected chi connectivity index (χ2v) is 11.4. The van der Waals surface area contributed by atoms with Gasteiger partial charge in [-0.25, -0.2) is 0 Å². The number of esters is 4. The molecule has 4 aromatic rings. The summed E-state index contributed by atoms with van der Waals surface area (Å²) >= 11 is 0. The van der Waals surface area contributed by atoms with Gasteiger partial charge in [0.1, 0.15) is 46.0 Å². The number of aliphatic hydroxyl groups is 4. The molecule has 0 saturated heterocycles. The fraction of sp³-hybridized carbons (Fsp3) is 0.317. The third-order valence-electron chi connectivity index (χ3n) is 6.77. The quantitative estimate of drug-likeness (QED) is 0.0708. The molecule has 16 nitrogen and oxygen atoms in total. The number of ether oxygens (including phenoxy) is 4. The van der Waals surface area contributed by atoms with Crippen LogP contribution in [0.2, 0.25) is 0 Å². The lowest BCUT2D eigenvalue weighted by molar-refractivity contribution is -0.134. The molecule has 16 heteroatoms. The largest absolute Gasteiger partial charge is 0.508 e. The maximum Gasteiger partial charge on any atom is 0.310 e. The van der Waals surface area contributed by atoms with Gasteiger partial charge in [-0.05, 0) is 97.1 Å². The number of aromatic hydroxyl groups is 4. The van der Waals surface area contributed by atoms with E-state index < -0.39 is 31.8 Å². The summed E-state index contributed by atoms with van der Waals surface area (Å²) in [5.41, 5.74) is -1.11. The van der Waals surface area contributed by atoms with Crippen molar-refractivity contribution < 1.29 is 79.0 Å². The molecule has 8 N–H and O–H groups in total. The first-order valence-electron chi connectivity index (χ1n) is 17.6. The Bertz CT molecular complexity index is 1450. The summed E-state index contributed by atoms with van der Waals surface area (Å²) in [6.45, 7) is 5.27. The molecule has 4 rings (SSSR count). The van der Waals surface area contributed by atoms with Crippen LogP contribution in [0.5, 0.6) is 46.0 Å². The highest BCUT2D eigenvalue weighted by molar-refractivity contribution is 5.73. The van der Waals surface area contributed by atoms with Crippen LogP contribution in [0.3, 0.4) is 0 Å². The molecule has 312 valence electrons. The molecule has 0 atom stereocenters. The number of carbonyl (C=O) groups is 4. The Morgan fingerprint density at radius 3 is 0.632 bits per heavy atom. The molecule has 0 bridgehead atoms. The van der Waals surface area contributed by atoms with Gasteiger partial charge in [-0.1, -0.05) is 27.7 Å². The van der Waals surface area contributed by atoms with Crippen LogP contribution in [0, 0.1) is 5.41 Å². The zero-order chi connectivity index (χ0) is 43.2. The summed E-state index contributed by atoms with van der Waals surface area (Å²) in [4.78, 5) is 43.1.